The second-order valence-electron chi connectivity index (χ2n) is 8.12. The molecule has 8 heteroatoms. The molecule has 1 aromatic carbocycles. The first-order chi connectivity index (χ1) is 15.1. The molecule has 1 aliphatic heterocycles. The van der Waals surface area contributed by atoms with Gasteiger partial charge in [-0.3, -0.25) is 4.99 Å². The van der Waals surface area contributed by atoms with E-state index >= 15 is 0 Å². The van der Waals surface area contributed by atoms with Crippen molar-refractivity contribution in [1.29, 1.82) is 0 Å². The topological polar surface area (TPSA) is 77.6 Å². The highest BCUT2D eigenvalue weighted by atomic mass is 127. The van der Waals surface area contributed by atoms with Crippen LogP contribution in [0.2, 0.25) is 0 Å². The summed E-state index contributed by atoms with van der Waals surface area (Å²) in [5.74, 6) is 1.81. The predicted octanol–water partition coefficient (Wildman–Crippen LogP) is 3.62. The van der Waals surface area contributed by atoms with Crippen LogP contribution in [-0.2, 0) is 17.7 Å². The van der Waals surface area contributed by atoms with Crippen LogP contribution in [0.1, 0.15) is 23.6 Å². The van der Waals surface area contributed by atoms with Gasteiger partial charge in [-0.05, 0) is 55.2 Å². The fourth-order valence-corrected chi connectivity index (χ4v) is 4.00. The van der Waals surface area contributed by atoms with Crippen LogP contribution in [0.15, 0.2) is 47.7 Å². The highest BCUT2D eigenvalue weighted by Crippen LogP contribution is 2.20. The van der Waals surface area contributed by atoms with Crippen LogP contribution in [0, 0.1) is 6.92 Å². The molecule has 0 aliphatic carbocycles. The number of fused-ring (bicyclic) bond motifs is 1. The monoisotopic (exact) mass is 548 g/mol. The van der Waals surface area contributed by atoms with Gasteiger partial charge in [0, 0.05) is 56.5 Å². The minimum absolute atomic E-state index is 0. The van der Waals surface area contributed by atoms with E-state index in [-0.39, 0.29) is 30.1 Å². The highest BCUT2D eigenvalue weighted by molar-refractivity contribution is 14.0. The first-order valence-electron chi connectivity index (χ1n) is 10.9. The molecule has 4 rings (SSSR count). The number of aromatic amines is 1. The number of rotatable bonds is 6. The Morgan fingerprint density at radius 3 is 2.97 bits per heavy atom. The molecular weight excluding hydrogens is 515 g/mol. The van der Waals surface area contributed by atoms with E-state index in [1.54, 1.807) is 7.05 Å². The Kier molecular flexibility index (Phi) is 8.75. The van der Waals surface area contributed by atoms with Crippen LogP contribution in [-0.4, -0.2) is 55.3 Å². The molecule has 0 amide bonds. The molecule has 3 aromatic rings. The van der Waals surface area contributed by atoms with E-state index in [2.05, 4.69) is 74.8 Å². The number of aliphatic imine (C=N–C) groups is 1. The number of morpholine rings is 1. The van der Waals surface area contributed by atoms with Gasteiger partial charge in [0.25, 0.3) is 0 Å². The molecule has 1 saturated heterocycles. The van der Waals surface area contributed by atoms with E-state index in [0.29, 0.717) is 6.54 Å². The van der Waals surface area contributed by atoms with Gasteiger partial charge in [-0.15, -0.1) is 24.0 Å². The number of hydrogen-bond acceptors (Lipinski definition) is 4. The number of pyridine rings is 1. The molecule has 3 N–H and O–H groups in total. The molecule has 2 aromatic heterocycles. The van der Waals surface area contributed by atoms with E-state index < -0.39 is 0 Å². The molecule has 3 heterocycles. The summed E-state index contributed by atoms with van der Waals surface area (Å²) in [5.41, 5.74) is 4.96. The molecule has 172 valence electrons. The normalized spacial score (nSPS) is 16.7. The van der Waals surface area contributed by atoms with Gasteiger partial charge in [0.05, 0.1) is 12.7 Å². The van der Waals surface area contributed by atoms with Crippen molar-refractivity contribution >= 4 is 46.7 Å². The fourth-order valence-electron chi connectivity index (χ4n) is 4.00. The molecule has 0 saturated carbocycles. The summed E-state index contributed by atoms with van der Waals surface area (Å²) in [7, 11) is 1.80. The molecule has 1 atom stereocenters. The number of guanidine groups is 1. The van der Waals surface area contributed by atoms with Gasteiger partial charge in [-0.1, -0.05) is 12.1 Å². The molecular formula is C24H33IN6O. The van der Waals surface area contributed by atoms with E-state index in [1.807, 2.05) is 12.3 Å². The van der Waals surface area contributed by atoms with Crippen LogP contribution in [0.4, 0.5) is 5.82 Å². The van der Waals surface area contributed by atoms with Crippen LogP contribution in [0.5, 0.6) is 0 Å². The number of benzene rings is 1. The zero-order chi connectivity index (χ0) is 21.6. The minimum atomic E-state index is 0. The van der Waals surface area contributed by atoms with Crippen LogP contribution in [0.3, 0.4) is 0 Å². The second kappa shape index (κ2) is 11.5. The van der Waals surface area contributed by atoms with Gasteiger partial charge in [0.2, 0.25) is 0 Å². The Balaban J connectivity index is 0.00000289. The number of aryl methyl sites for hydroxylation is 1. The lowest BCUT2D eigenvalue weighted by Crippen LogP contribution is -2.41. The molecule has 0 radical (unpaired) electrons. The van der Waals surface area contributed by atoms with Gasteiger partial charge in [0.1, 0.15) is 5.82 Å². The van der Waals surface area contributed by atoms with Gasteiger partial charge < -0.3 is 25.3 Å². The van der Waals surface area contributed by atoms with Crippen molar-refractivity contribution in [2.24, 2.45) is 4.99 Å². The summed E-state index contributed by atoms with van der Waals surface area (Å²) < 4.78 is 5.64. The molecule has 1 unspecified atom stereocenters. The molecule has 0 spiro atoms. The highest BCUT2D eigenvalue weighted by Gasteiger charge is 2.18. The predicted molar refractivity (Wildman–Crippen MR) is 142 cm³/mol. The summed E-state index contributed by atoms with van der Waals surface area (Å²) in [6, 6.07) is 10.7. The smallest absolute Gasteiger partial charge is 0.191 e. The number of ether oxygens (including phenoxy) is 1. The summed E-state index contributed by atoms with van der Waals surface area (Å²) in [5, 5.41) is 8.12. The van der Waals surface area contributed by atoms with Crippen molar-refractivity contribution in [2.45, 2.75) is 32.9 Å². The summed E-state index contributed by atoms with van der Waals surface area (Å²) in [6.07, 6.45) is 5.15. The molecule has 1 fully saturated rings. The number of nitrogens with one attached hydrogen (secondary N) is 3. The first-order valence-corrected chi connectivity index (χ1v) is 10.9. The Bertz CT molecular complexity index is 1050. The Labute approximate surface area is 207 Å². The molecule has 1 aliphatic rings. The summed E-state index contributed by atoms with van der Waals surface area (Å²) in [6.45, 7) is 8.23. The average molecular weight is 548 g/mol. The number of halogens is 1. The zero-order valence-corrected chi connectivity index (χ0v) is 21.3. The van der Waals surface area contributed by atoms with Crippen molar-refractivity contribution in [3.8, 4) is 0 Å². The first kappa shape index (κ1) is 24.3. The second-order valence-corrected chi connectivity index (χ2v) is 8.12. The number of H-pyrrole nitrogens is 1. The Morgan fingerprint density at radius 1 is 1.28 bits per heavy atom. The lowest BCUT2D eigenvalue weighted by Gasteiger charge is -2.32. The average Bonchev–Trinajstić information content (AvgIpc) is 3.18. The maximum Gasteiger partial charge on any atom is 0.191 e. The number of nitrogens with zero attached hydrogens (tertiary/aromatic N) is 3. The van der Waals surface area contributed by atoms with Crippen molar-refractivity contribution in [3.05, 3.63) is 59.4 Å². The van der Waals surface area contributed by atoms with E-state index in [9.17, 15) is 0 Å². The largest absolute Gasteiger partial charge is 0.375 e. The summed E-state index contributed by atoms with van der Waals surface area (Å²) in [4.78, 5) is 14.6. The van der Waals surface area contributed by atoms with Crippen molar-refractivity contribution in [1.82, 2.24) is 20.6 Å². The Hall–Kier alpha value is -2.33. The lowest BCUT2D eigenvalue weighted by atomic mass is 10.1. The molecule has 0 bridgehead atoms. The number of anilines is 1. The number of hydrogen-bond donors (Lipinski definition) is 3. The lowest BCUT2D eigenvalue weighted by molar-refractivity contribution is 0.0529. The van der Waals surface area contributed by atoms with Gasteiger partial charge in [-0.2, -0.15) is 0 Å². The summed E-state index contributed by atoms with van der Waals surface area (Å²) >= 11 is 0. The van der Waals surface area contributed by atoms with Gasteiger partial charge in [0.15, 0.2) is 5.96 Å². The quantitative estimate of drug-likeness (QED) is 0.249. The van der Waals surface area contributed by atoms with E-state index in [1.165, 1.54) is 27.6 Å². The van der Waals surface area contributed by atoms with Gasteiger partial charge >= 0.3 is 0 Å². The molecule has 7 nitrogen and oxygen atoms in total. The molecule has 32 heavy (non-hydrogen) atoms. The van der Waals surface area contributed by atoms with Crippen molar-refractivity contribution in [2.75, 3.05) is 38.2 Å². The van der Waals surface area contributed by atoms with Crippen LogP contribution >= 0.6 is 24.0 Å². The number of aromatic nitrogens is 2. The maximum atomic E-state index is 5.64. The Morgan fingerprint density at radius 2 is 2.16 bits per heavy atom. The standard InChI is InChI=1S/C24H32N6O.HI/c1-17-4-5-21-20(15-28-22(21)12-17)7-9-27-24(25-3)29-14-19-6-8-26-23(13-19)30-10-11-31-18(2)16-30;/h4-6,8,12-13,15,18,28H,7,9-11,14,16H2,1-3H3,(H2,25,27,29);1H. The van der Waals surface area contributed by atoms with Crippen molar-refractivity contribution in [3.63, 3.8) is 0 Å². The van der Waals surface area contributed by atoms with E-state index in [0.717, 1.165) is 44.4 Å². The van der Waals surface area contributed by atoms with Gasteiger partial charge in [-0.25, -0.2) is 4.98 Å². The SMILES string of the molecule is CN=C(NCCc1c[nH]c2cc(C)ccc12)NCc1ccnc(N2CCOC(C)C2)c1.I. The van der Waals surface area contributed by atoms with Crippen LogP contribution in [0.25, 0.3) is 10.9 Å². The van der Waals surface area contributed by atoms with E-state index in [4.69, 9.17) is 4.74 Å². The third-order valence-electron chi connectivity index (χ3n) is 5.67. The maximum absolute atomic E-state index is 5.64. The fraction of sp³-hybridized carbons (Fsp3) is 0.417. The zero-order valence-electron chi connectivity index (χ0n) is 19.0. The third kappa shape index (κ3) is 6.13. The third-order valence-corrected chi connectivity index (χ3v) is 5.67. The van der Waals surface area contributed by atoms with Crippen molar-refractivity contribution < 1.29 is 4.74 Å². The van der Waals surface area contributed by atoms with Crippen LogP contribution < -0.4 is 15.5 Å². The minimum Gasteiger partial charge on any atom is -0.375 e.